The zero-order chi connectivity index (χ0) is 20.8. The van der Waals surface area contributed by atoms with Crippen LogP contribution in [0.25, 0.3) is 5.70 Å². The maximum absolute atomic E-state index is 12.6. The van der Waals surface area contributed by atoms with Gasteiger partial charge in [-0.05, 0) is 40.0 Å². The van der Waals surface area contributed by atoms with Crippen molar-refractivity contribution in [3.63, 3.8) is 0 Å². The minimum Gasteiger partial charge on any atom is -0.355 e. The maximum Gasteiger partial charge on any atom is 0.253 e. The first-order chi connectivity index (χ1) is 13.3. The molecule has 2 aromatic rings. The van der Waals surface area contributed by atoms with Gasteiger partial charge in [-0.1, -0.05) is 31.5 Å². The number of hydrogen-bond acceptors (Lipinski definition) is 3. The molecule has 0 saturated carbocycles. The van der Waals surface area contributed by atoms with Crippen LogP contribution in [0.4, 0.5) is 14.5 Å². The standard InChI is InChI=1S/C19H22BrClF2N4O/c1-4-5-12-8-13(21)9-14(19(28)24-3)18(12)25-11(2)15-10-16(20)26-27(15)7-6-17(22)23/h8-10,17,25H,2,4-7H2,1,3H3,(H,24,28). The average Bonchev–Trinajstić information content (AvgIpc) is 3.02. The lowest BCUT2D eigenvalue weighted by Gasteiger charge is -2.19. The topological polar surface area (TPSA) is 59.0 Å². The van der Waals surface area contributed by atoms with E-state index >= 15 is 0 Å². The molecular weight excluding hydrogens is 454 g/mol. The van der Waals surface area contributed by atoms with E-state index in [1.54, 1.807) is 18.2 Å². The molecule has 2 rings (SSSR count). The fraction of sp³-hybridized carbons (Fsp3) is 0.368. The predicted molar refractivity (Wildman–Crippen MR) is 112 cm³/mol. The molecule has 0 bridgehead atoms. The fourth-order valence-corrected chi connectivity index (χ4v) is 3.47. The fourth-order valence-electron chi connectivity index (χ4n) is 2.82. The second-order valence-electron chi connectivity index (χ2n) is 6.18. The van der Waals surface area contributed by atoms with Crippen LogP contribution in [-0.2, 0) is 13.0 Å². The molecule has 0 atom stereocenters. The van der Waals surface area contributed by atoms with Crippen LogP contribution in [0.5, 0.6) is 0 Å². The molecule has 1 amide bonds. The van der Waals surface area contributed by atoms with Gasteiger partial charge in [-0.3, -0.25) is 9.48 Å². The third kappa shape index (κ3) is 5.54. The highest BCUT2D eigenvalue weighted by molar-refractivity contribution is 9.10. The number of benzene rings is 1. The van der Waals surface area contributed by atoms with Crippen molar-refractivity contribution >= 4 is 44.8 Å². The second kappa shape index (κ2) is 10.0. The van der Waals surface area contributed by atoms with Crippen molar-refractivity contribution in [3.8, 4) is 0 Å². The van der Waals surface area contributed by atoms with Crippen LogP contribution in [0.15, 0.2) is 29.4 Å². The minimum absolute atomic E-state index is 0.0457. The molecule has 2 N–H and O–H groups in total. The summed E-state index contributed by atoms with van der Waals surface area (Å²) < 4.78 is 27.2. The molecule has 0 spiro atoms. The zero-order valence-corrected chi connectivity index (χ0v) is 18.0. The molecule has 1 aromatic carbocycles. The number of alkyl halides is 2. The summed E-state index contributed by atoms with van der Waals surface area (Å²) in [5, 5.41) is 10.4. The van der Waals surface area contributed by atoms with E-state index in [1.807, 2.05) is 6.92 Å². The lowest BCUT2D eigenvalue weighted by atomic mass is 10.0. The summed E-state index contributed by atoms with van der Waals surface area (Å²) in [6.07, 6.45) is -1.19. The van der Waals surface area contributed by atoms with Gasteiger partial charge in [0, 0.05) is 31.1 Å². The zero-order valence-electron chi connectivity index (χ0n) is 15.7. The first-order valence-electron chi connectivity index (χ1n) is 8.79. The van der Waals surface area contributed by atoms with Crippen LogP contribution in [0, 0.1) is 0 Å². The summed E-state index contributed by atoms with van der Waals surface area (Å²) in [5.74, 6) is -0.289. The number of amides is 1. The molecule has 1 heterocycles. The Morgan fingerprint density at radius 2 is 2.11 bits per heavy atom. The molecule has 0 radical (unpaired) electrons. The molecule has 28 heavy (non-hydrogen) atoms. The third-order valence-electron chi connectivity index (χ3n) is 4.07. The Bertz CT molecular complexity index is 870. The van der Waals surface area contributed by atoms with Crippen molar-refractivity contribution in [2.75, 3.05) is 12.4 Å². The van der Waals surface area contributed by atoms with Crippen LogP contribution in [0.3, 0.4) is 0 Å². The van der Waals surface area contributed by atoms with Crippen molar-refractivity contribution in [2.45, 2.75) is 39.2 Å². The van der Waals surface area contributed by atoms with Gasteiger partial charge in [0.05, 0.1) is 22.6 Å². The molecule has 9 heteroatoms. The van der Waals surface area contributed by atoms with E-state index in [2.05, 4.69) is 38.2 Å². The van der Waals surface area contributed by atoms with Crippen LogP contribution in [0.1, 0.15) is 41.4 Å². The van der Waals surface area contributed by atoms with Gasteiger partial charge in [-0.2, -0.15) is 5.10 Å². The molecular formula is C19H22BrClF2N4O. The van der Waals surface area contributed by atoms with Crippen LogP contribution in [-0.4, -0.2) is 29.2 Å². The lowest BCUT2D eigenvalue weighted by Crippen LogP contribution is -2.20. The summed E-state index contributed by atoms with van der Waals surface area (Å²) in [7, 11) is 1.54. The number of anilines is 1. The van der Waals surface area contributed by atoms with Crippen molar-refractivity contribution < 1.29 is 13.6 Å². The number of hydrogen-bond donors (Lipinski definition) is 2. The molecule has 0 unspecified atom stereocenters. The second-order valence-corrected chi connectivity index (χ2v) is 7.42. The number of carbonyl (C=O) groups excluding carboxylic acids is 1. The highest BCUT2D eigenvalue weighted by Crippen LogP contribution is 2.31. The number of aryl methyl sites for hydroxylation is 2. The molecule has 5 nitrogen and oxygen atoms in total. The van der Waals surface area contributed by atoms with Gasteiger partial charge in [0.25, 0.3) is 5.91 Å². The first kappa shape index (κ1) is 22.4. The average molecular weight is 476 g/mol. The van der Waals surface area contributed by atoms with Crippen molar-refractivity contribution in [2.24, 2.45) is 0 Å². The Morgan fingerprint density at radius 1 is 1.39 bits per heavy atom. The SMILES string of the molecule is C=C(Nc1c(CCC)cc(Cl)cc1C(=O)NC)c1cc(Br)nn1CCC(F)F. The normalized spacial score (nSPS) is 11.0. The monoisotopic (exact) mass is 474 g/mol. The van der Waals surface area contributed by atoms with E-state index in [0.717, 1.165) is 12.0 Å². The van der Waals surface area contributed by atoms with Gasteiger partial charge in [0.15, 0.2) is 0 Å². The molecule has 0 aliphatic carbocycles. The van der Waals surface area contributed by atoms with E-state index in [9.17, 15) is 13.6 Å². The first-order valence-corrected chi connectivity index (χ1v) is 9.96. The highest BCUT2D eigenvalue weighted by Gasteiger charge is 2.19. The predicted octanol–water partition coefficient (Wildman–Crippen LogP) is 5.35. The molecule has 0 saturated heterocycles. The molecule has 0 aliphatic rings. The van der Waals surface area contributed by atoms with E-state index < -0.39 is 6.43 Å². The van der Waals surface area contributed by atoms with Crippen LogP contribution < -0.4 is 10.6 Å². The lowest BCUT2D eigenvalue weighted by molar-refractivity contribution is 0.0963. The number of aromatic nitrogens is 2. The van der Waals surface area contributed by atoms with Gasteiger partial charge in [0.2, 0.25) is 6.43 Å². The van der Waals surface area contributed by atoms with Gasteiger partial charge in [-0.25, -0.2) is 8.78 Å². The smallest absolute Gasteiger partial charge is 0.253 e. The number of carbonyl (C=O) groups is 1. The van der Waals surface area contributed by atoms with Crippen LogP contribution >= 0.6 is 27.5 Å². The van der Waals surface area contributed by atoms with E-state index in [0.29, 0.717) is 38.7 Å². The summed E-state index contributed by atoms with van der Waals surface area (Å²) in [6.45, 7) is 6.10. The summed E-state index contributed by atoms with van der Waals surface area (Å²) in [5.41, 5.74) is 2.84. The molecule has 1 aromatic heterocycles. The van der Waals surface area contributed by atoms with Crippen LogP contribution in [0.2, 0.25) is 5.02 Å². The summed E-state index contributed by atoms with van der Waals surface area (Å²) >= 11 is 9.46. The molecule has 0 aliphatic heterocycles. The van der Waals surface area contributed by atoms with E-state index in [-0.39, 0.29) is 18.9 Å². The van der Waals surface area contributed by atoms with Crippen molar-refractivity contribution in [1.29, 1.82) is 0 Å². The third-order valence-corrected chi connectivity index (χ3v) is 4.68. The Balaban J connectivity index is 2.42. The number of nitrogens with zero attached hydrogens (tertiary/aromatic N) is 2. The Kier molecular flexibility index (Phi) is 8.00. The van der Waals surface area contributed by atoms with Gasteiger partial charge in [-0.15, -0.1) is 0 Å². The number of nitrogens with one attached hydrogen (secondary N) is 2. The molecule has 0 fully saturated rings. The van der Waals surface area contributed by atoms with Crippen molar-refractivity contribution in [1.82, 2.24) is 15.1 Å². The van der Waals surface area contributed by atoms with Gasteiger partial charge in [0.1, 0.15) is 4.60 Å². The Labute approximate surface area is 176 Å². The highest BCUT2D eigenvalue weighted by atomic mass is 79.9. The molecule has 152 valence electrons. The van der Waals surface area contributed by atoms with Gasteiger partial charge >= 0.3 is 0 Å². The Morgan fingerprint density at radius 3 is 2.71 bits per heavy atom. The van der Waals surface area contributed by atoms with E-state index in [1.165, 1.54) is 11.7 Å². The summed E-state index contributed by atoms with van der Waals surface area (Å²) in [4.78, 5) is 12.4. The van der Waals surface area contributed by atoms with E-state index in [4.69, 9.17) is 11.6 Å². The summed E-state index contributed by atoms with van der Waals surface area (Å²) in [6, 6.07) is 5.08. The minimum atomic E-state index is -2.43. The maximum atomic E-state index is 12.6. The van der Waals surface area contributed by atoms with Crippen molar-refractivity contribution in [3.05, 3.63) is 51.2 Å². The quantitative estimate of drug-likeness (QED) is 0.514. The number of halogens is 4. The largest absolute Gasteiger partial charge is 0.355 e. The van der Waals surface area contributed by atoms with Gasteiger partial charge < -0.3 is 10.6 Å². The number of rotatable bonds is 9. The Hall–Kier alpha value is -1.93.